The molecule has 6 aromatic rings. The number of rotatable bonds is 8. The van der Waals surface area contributed by atoms with Crippen LogP contribution in [0.3, 0.4) is 0 Å². The molecule has 0 spiro atoms. The van der Waals surface area contributed by atoms with Crippen molar-refractivity contribution in [2.45, 2.75) is 6.92 Å². The number of aromatic nitrogens is 1. The minimum absolute atomic E-state index is 0.267. The first-order valence-corrected chi connectivity index (χ1v) is 15.2. The Bertz CT molecular complexity index is 1640. The van der Waals surface area contributed by atoms with E-state index >= 15 is 0 Å². The molecule has 6 heteroatoms. The van der Waals surface area contributed by atoms with Gasteiger partial charge in [0.2, 0.25) is 5.89 Å². The Labute approximate surface area is 240 Å². The summed E-state index contributed by atoms with van der Waals surface area (Å²) in [4.78, 5) is 18.4. The molecule has 0 bridgehead atoms. The van der Waals surface area contributed by atoms with Crippen molar-refractivity contribution in [3.8, 4) is 11.5 Å². The second kappa shape index (κ2) is 11.6. The number of nitrogens with zero attached hydrogens (tertiary/aromatic N) is 1. The maximum Gasteiger partial charge on any atom is 0.278 e. The lowest BCUT2D eigenvalue weighted by Gasteiger charge is -2.25. The zero-order chi connectivity index (χ0) is 28.1. The topological polar surface area (TPSA) is 67.2 Å². The van der Waals surface area contributed by atoms with Gasteiger partial charge in [-0.2, -0.15) is 4.98 Å². The lowest BCUT2D eigenvalue weighted by molar-refractivity contribution is 0.0961. The fourth-order valence-corrected chi connectivity index (χ4v) is 9.12. The number of amides is 1. The molecule has 0 aliphatic rings. The van der Waals surface area contributed by atoms with Crippen LogP contribution < -0.4 is 32.2 Å². The zero-order valence-corrected chi connectivity index (χ0v) is 23.5. The Morgan fingerprint density at radius 2 is 1.10 bits per heavy atom. The van der Waals surface area contributed by atoms with Crippen LogP contribution in [0.5, 0.6) is 0 Å². The van der Waals surface area contributed by atoms with Gasteiger partial charge in [0.1, 0.15) is 15.9 Å². The van der Waals surface area contributed by atoms with E-state index in [-0.39, 0.29) is 5.91 Å². The van der Waals surface area contributed by atoms with Gasteiger partial charge in [-0.05, 0) is 67.6 Å². The highest BCUT2D eigenvalue weighted by Crippen LogP contribution is 2.55. The number of nitrogens with one attached hydrogen (secondary N) is 2. The number of benzene rings is 5. The molecule has 0 aliphatic heterocycles. The lowest BCUT2D eigenvalue weighted by Crippen LogP contribution is -2.41. The van der Waals surface area contributed by atoms with Gasteiger partial charge in [0.25, 0.3) is 17.2 Å². The third-order valence-electron chi connectivity index (χ3n) is 6.98. The summed E-state index contributed by atoms with van der Waals surface area (Å²) in [6.45, 7) is 1.99. The van der Waals surface area contributed by atoms with E-state index in [1.807, 2.05) is 67.6 Å². The molecular weight excluding hydrogens is 525 g/mol. The quantitative estimate of drug-likeness (QED) is 0.178. The minimum Gasteiger partial charge on any atom is -0.415 e. The maximum atomic E-state index is 13.2. The SMILES string of the molecule is Cc1ccc(C(=O)NNc2oc(-c3ccccc3)nc2[P+](c2ccccc2)(c2ccccc2)c2ccccc2)cc1. The van der Waals surface area contributed by atoms with Crippen LogP contribution in [0, 0.1) is 6.92 Å². The summed E-state index contributed by atoms with van der Waals surface area (Å²) >= 11 is 0. The van der Waals surface area contributed by atoms with E-state index in [9.17, 15) is 4.79 Å². The molecule has 5 nitrogen and oxygen atoms in total. The molecule has 1 amide bonds. The largest absolute Gasteiger partial charge is 0.415 e. The van der Waals surface area contributed by atoms with Gasteiger partial charge in [-0.1, -0.05) is 90.5 Å². The molecule has 0 unspecified atom stereocenters. The van der Waals surface area contributed by atoms with Gasteiger partial charge >= 0.3 is 0 Å². The summed E-state index contributed by atoms with van der Waals surface area (Å²) in [6.07, 6.45) is 0. The molecule has 0 saturated heterocycles. The Morgan fingerprint density at radius 3 is 1.59 bits per heavy atom. The summed E-state index contributed by atoms with van der Waals surface area (Å²) in [5.41, 5.74) is 9.21. The summed E-state index contributed by atoms with van der Waals surface area (Å²) in [7, 11) is -2.60. The Hall–Kier alpha value is -4.99. The number of carbonyl (C=O) groups excluding carboxylic acids is 1. The average molecular weight is 555 g/mol. The van der Waals surface area contributed by atoms with Crippen molar-refractivity contribution in [3.63, 3.8) is 0 Å². The van der Waals surface area contributed by atoms with Gasteiger partial charge in [-0.25, -0.2) is 0 Å². The molecule has 2 N–H and O–H groups in total. The Kier molecular flexibility index (Phi) is 7.44. The molecule has 1 aromatic heterocycles. The molecule has 5 aromatic carbocycles. The van der Waals surface area contributed by atoms with E-state index in [1.54, 1.807) is 12.1 Å². The molecule has 200 valence electrons. The molecule has 6 rings (SSSR count). The minimum atomic E-state index is -2.60. The third kappa shape index (κ3) is 5.16. The monoisotopic (exact) mass is 554 g/mol. The second-order valence-corrected chi connectivity index (χ2v) is 13.0. The molecule has 1 heterocycles. The predicted octanol–water partition coefficient (Wildman–Crippen LogP) is 6.03. The van der Waals surface area contributed by atoms with Crippen LogP contribution >= 0.6 is 7.26 Å². The fraction of sp³-hybridized carbons (Fsp3) is 0.0286. The number of carbonyl (C=O) groups is 1. The maximum absolute atomic E-state index is 13.2. The van der Waals surface area contributed by atoms with E-state index in [1.165, 1.54) is 0 Å². The molecule has 0 radical (unpaired) electrons. The highest BCUT2D eigenvalue weighted by molar-refractivity contribution is 8.01. The van der Waals surface area contributed by atoms with Crippen LogP contribution in [0.1, 0.15) is 15.9 Å². The van der Waals surface area contributed by atoms with Crippen molar-refractivity contribution in [3.05, 3.63) is 157 Å². The predicted molar refractivity (Wildman–Crippen MR) is 169 cm³/mol. The van der Waals surface area contributed by atoms with Crippen LogP contribution in [-0.4, -0.2) is 10.9 Å². The summed E-state index contributed by atoms with van der Waals surface area (Å²) in [5, 5.41) is 3.37. The van der Waals surface area contributed by atoms with Crippen molar-refractivity contribution in [2.75, 3.05) is 5.43 Å². The molecule has 0 fully saturated rings. The van der Waals surface area contributed by atoms with E-state index < -0.39 is 7.26 Å². The number of hydrogen-bond acceptors (Lipinski definition) is 4. The third-order valence-corrected chi connectivity index (χ3v) is 11.1. The van der Waals surface area contributed by atoms with Crippen LogP contribution in [0.4, 0.5) is 5.88 Å². The van der Waals surface area contributed by atoms with E-state index in [4.69, 9.17) is 9.40 Å². The van der Waals surface area contributed by atoms with Crippen LogP contribution in [0.25, 0.3) is 11.5 Å². The second-order valence-electron chi connectivity index (χ2n) is 9.66. The molecule has 41 heavy (non-hydrogen) atoms. The summed E-state index contributed by atoms with van der Waals surface area (Å²) in [5.74, 6) is 0.603. The van der Waals surface area contributed by atoms with Gasteiger partial charge in [0, 0.05) is 11.1 Å². The summed E-state index contributed by atoms with van der Waals surface area (Å²) < 4.78 is 6.47. The number of hydrazine groups is 1. The van der Waals surface area contributed by atoms with Crippen LogP contribution in [0.15, 0.2) is 150 Å². The van der Waals surface area contributed by atoms with E-state index in [2.05, 4.69) is 83.6 Å². The van der Waals surface area contributed by atoms with Crippen LogP contribution in [0.2, 0.25) is 0 Å². The first-order valence-electron chi connectivity index (χ1n) is 13.4. The van der Waals surface area contributed by atoms with Gasteiger partial charge in [-0.15, -0.1) is 0 Å². The van der Waals surface area contributed by atoms with Crippen molar-refractivity contribution in [1.82, 2.24) is 10.4 Å². The van der Waals surface area contributed by atoms with Crippen LogP contribution in [-0.2, 0) is 0 Å². The average Bonchev–Trinajstić information content (AvgIpc) is 3.47. The molecular formula is C35H29N3O2P+. The zero-order valence-electron chi connectivity index (χ0n) is 22.6. The van der Waals surface area contributed by atoms with Crippen molar-refractivity contribution in [2.24, 2.45) is 0 Å². The van der Waals surface area contributed by atoms with Gasteiger partial charge < -0.3 is 4.42 Å². The van der Waals surface area contributed by atoms with Gasteiger partial charge in [-0.3, -0.25) is 15.6 Å². The molecule has 0 saturated carbocycles. The highest BCUT2D eigenvalue weighted by Gasteiger charge is 2.53. The standard InChI is InChI=1S/C35H28N3O2P/c1-26-22-24-27(25-23-26)32(39)37-38-34-35(36-33(40-34)28-14-6-2-7-15-28)41(29-16-8-3-9-17-29,30-18-10-4-11-19-30)31-20-12-5-13-21-31/h2-25,38H,1H3/p+1. The Balaban J connectivity index is 1.58. The number of aryl methyl sites for hydroxylation is 1. The first-order chi connectivity index (χ1) is 20.2. The van der Waals surface area contributed by atoms with E-state index in [0.29, 0.717) is 17.3 Å². The van der Waals surface area contributed by atoms with Crippen molar-refractivity contribution in [1.29, 1.82) is 0 Å². The van der Waals surface area contributed by atoms with Crippen molar-refractivity contribution < 1.29 is 9.21 Å². The van der Waals surface area contributed by atoms with Gasteiger partial charge in [0.15, 0.2) is 7.26 Å². The molecule has 0 atom stereocenters. The van der Waals surface area contributed by atoms with E-state index in [0.717, 1.165) is 32.5 Å². The highest BCUT2D eigenvalue weighted by atomic mass is 31.2. The number of oxazole rings is 1. The number of anilines is 1. The number of hydrogen-bond donors (Lipinski definition) is 2. The first kappa shape index (κ1) is 26.2. The van der Waals surface area contributed by atoms with Crippen molar-refractivity contribution >= 4 is 40.4 Å². The molecule has 0 aliphatic carbocycles. The Morgan fingerprint density at radius 1 is 0.634 bits per heavy atom. The van der Waals surface area contributed by atoms with Gasteiger partial charge in [0.05, 0.1) is 0 Å². The lowest BCUT2D eigenvalue weighted by atomic mass is 10.1. The normalized spacial score (nSPS) is 11.1. The fourth-order valence-electron chi connectivity index (χ4n) is 4.98. The smallest absolute Gasteiger partial charge is 0.278 e. The summed E-state index contributed by atoms with van der Waals surface area (Å²) in [6, 6.07) is 48.6.